The van der Waals surface area contributed by atoms with Gasteiger partial charge < -0.3 is 10.6 Å². The maximum Gasteiger partial charge on any atom is 0.230 e. The fraction of sp³-hybridized carbons (Fsp3) is 0.158. The molecule has 134 valence electrons. The fourth-order valence-corrected chi connectivity index (χ4v) is 3.07. The summed E-state index contributed by atoms with van der Waals surface area (Å²) in [4.78, 5) is 16.4. The van der Waals surface area contributed by atoms with Gasteiger partial charge >= 0.3 is 0 Å². The van der Waals surface area contributed by atoms with Gasteiger partial charge in [0.2, 0.25) is 5.91 Å². The molecule has 3 rings (SSSR count). The molecule has 0 atom stereocenters. The molecule has 2 aromatic carbocycles. The van der Waals surface area contributed by atoms with Gasteiger partial charge in [0.15, 0.2) is 5.13 Å². The monoisotopic (exact) mass is 373 g/mol. The maximum absolute atomic E-state index is 13.6. The van der Waals surface area contributed by atoms with Crippen LogP contribution in [-0.2, 0) is 17.6 Å². The Balaban J connectivity index is 1.59. The molecule has 0 aliphatic rings. The number of aromatic nitrogens is 1. The smallest absolute Gasteiger partial charge is 0.230 e. The molecular formula is C19H17F2N3OS. The number of carbonyl (C=O) groups is 1. The SMILES string of the molecule is CCc1ccc(Nc2nc(CC(=O)Nc3ccc(F)cc3F)cs2)cc1. The van der Waals surface area contributed by atoms with Gasteiger partial charge in [-0.2, -0.15) is 0 Å². The molecule has 0 aliphatic heterocycles. The Bertz CT molecular complexity index is 909. The zero-order chi connectivity index (χ0) is 18.5. The number of rotatable bonds is 6. The summed E-state index contributed by atoms with van der Waals surface area (Å²) in [6.07, 6.45) is 0.981. The number of nitrogens with zero attached hydrogens (tertiary/aromatic N) is 1. The van der Waals surface area contributed by atoms with E-state index in [0.29, 0.717) is 10.8 Å². The number of amides is 1. The molecule has 0 spiro atoms. The first kappa shape index (κ1) is 18.0. The van der Waals surface area contributed by atoms with Gasteiger partial charge in [-0.25, -0.2) is 13.8 Å². The van der Waals surface area contributed by atoms with Crippen LogP contribution in [0.2, 0.25) is 0 Å². The van der Waals surface area contributed by atoms with E-state index in [0.717, 1.165) is 24.2 Å². The summed E-state index contributed by atoms with van der Waals surface area (Å²) in [5.41, 5.74) is 2.68. The normalized spacial score (nSPS) is 10.6. The third-order valence-electron chi connectivity index (χ3n) is 3.71. The number of thiazole rings is 1. The minimum Gasteiger partial charge on any atom is -0.332 e. The van der Waals surface area contributed by atoms with Crippen molar-refractivity contribution in [3.63, 3.8) is 0 Å². The van der Waals surface area contributed by atoms with Gasteiger partial charge in [0.05, 0.1) is 17.8 Å². The summed E-state index contributed by atoms with van der Waals surface area (Å²) >= 11 is 1.38. The third-order valence-corrected chi connectivity index (χ3v) is 4.52. The quantitative estimate of drug-likeness (QED) is 0.646. The second-order valence-corrected chi connectivity index (χ2v) is 6.53. The number of hydrogen-bond donors (Lipinski definition) is 2. The van der Waals surface area contributed by atoms with Crippen molar-refractivity contribution in [2.24, 2.45) is 0 Å². The van der Waals surface area contributed by atoms with Gasteiger partial charge in [0.25, 0.3) is 0 Å². The summed E-state index contributed by atoms with van der Waals surface area (Å²) in [5.74, 6) is -1.92. The van der Waals surface area contributed by atoms with E-state index in [1.807, 2.05) is 24.3 Å². The second-order valence-electron chi connectivity index (χ2n) is 5.67. The Morgan fingerprint density at radius 2 is 1.92 bits per heavy atom. The van der Waals surface area contributed by atoms with E-state index in [4.69, 9.17) is 0 Å². The van der Waals surface area contributed by atoms with Crippen LogP contribution < -0.4 is 10.6 Å². The van der Waals surface area contributed by atoms with Crippen LogP contribution in [0.15, 0.2) is 47.8 Å². The van der Waals surface area contributed by atoms with E-state index >= 15 is 0 Å². The number of anilines is 3. The van der Waals surface area contributed by atoms with Crippen LogP contribution in [0.3, 0.4) is 0 Å². The molecular weight excluding hydrogens is 356 g/mol. The lowest BCUT2D eigenvalue weighted by atomic mass is 10.1. The fourth-order valence-electron chi connectivity index (χ4n) is 2.34. The molecule has 7 heteroatoms. The minimum atomic E-state index is -0.811. The van der Waals surface area contributed by atoms with Crippen LogP contribution in [0.25, 0.3) is 0 Å². The van der Waals surface area contributed by atoms with Crippen molar-refractivity contribution < 1.29 is 13.6 Å². The van der Waals surface area contributed by atoms with Gasteiger partial charge in [-0.1, -0.05) is 19.1 Å². The van der Waals surface area contributed by atoms with Crippen LogP contribution >= 0.6 is 11.3 Å². The van der Waals surface area contributed by atoms with E-state index in [2.05, 4.69) is 22.5 Å². The Morgan fingerprint density at radius 3 is 2.62 bits per heavy atom. The molecule has 4 nitrogen and oxygen atoms in total. The Kier molecular flexibility index (Phi) is 5.58. The van der Waals surface area contributed by atoms with Crippen LogP contribution in [0.1, 0.15) is 18.2 Å². The average Bonchev–Trinajstić information content (AvgIpc) is 3.05. The predicted molar refractivity (Wildman–Crippen MR) is 99.9 cm³/mol. The summed E-state index contributed by atoms with van der Waals surface area (Å²) in [7, 11) is 0. The number of aryl methyl sites for hydroxylation is 1. The van der Waals surface area contributed by atoms with E-state index in [1.54, 1.807) is 5.38 Å². The minimum absolute atomic E-state index is 0.00374. The molecule has 1 amide bonds. The van der Waals surface area contributed by atoms with Crippen molar-refractivity contribution in [1.82, 2.24) is 4.98 Å². The molecule has 0 saturated carbocycles. The molecule has 0 fully saturated rings. The van der Waals surface area contributed by atoms with Crippen molar-refractivity contribution in [3.05, 3.63) is 70.7 Å². The molecule has 1 heterocycles. The molecule has 0 bridgehead atoms. The molecule has 0 radical (unpaired) electrons. The van der Waals surface area contributed by atoms with Crippen molar-refractivity contribution >= 4 is 33.8 Å². The van der Waals surface area contributed by atoms with Crippen molar-refractivity contribution in [3.8, 4) is 0 Å². The first-order valence-electron chi connectivity index (χ1n) is 8.08. The van der Waals surface area contributed by atoms with Crippen LogP contribution in [0.4, 0.5) is 25.3 Å². The molecule has 26 heavy (non-hydrogen) atoms. The lowest BCUT2D eigenvalue weighted by Crippen LogP contribution is -2.15. The molecule has 1 aromatic heterocycles. The molecule has 0 saturated heterocycles. The second kappa shape index (κ2) is 8.05. The van der Waals surface area contributed by atoms with Crippen LogP contribution in [0.5, 0.6) is 0 Å². The highest BCUT2D eigenvalue weighted by molar-refractivity contribution is 7.13. The first-order chi connectivity index (χ1) is 12.5. The van der Waals surface area contributed by atoms with Crippen LogP contribution in [-0.4, -0.2) is 10.9 Å². The third kappa shape index (κ3) is 4.64. The largest absolute Gasteiger partial charge is 0.332 e. The van der Waals surface area contributed by atoms with Crippen LogP contribution in [0, 0.1) is 11.6 Å². The molecule has 3 aromatic rings. The van der Waals surface area contributed by atoms with E-state index in [9.17, 15) is 13.6 Å². The zero-order valence-electron chi connectivity index (χ0n) is 14.1. The summed E-state index contributed by atoms with van der Waals surface area (Å²) in [5, 5.41) is 8.05. The molecule has 0 unspecified atom stereocenters. The van der Waals surface area contributed by atoms with Gasteiger partial charge in [0.1, 0.15) is 11.6 Å². The zero-order valence-corrected chi connectivity index (χ0v) is 14.9. The van der Waals surface area contributed by atoms with Crippen molar-refractivity contribution in [2.45, 2.75) is 19.8 Å². The molecule has 2 N–H and O–H groups in total. The number of benzene rings is 2. The number of hydrogen-bond acceptors (Lipinski definition) is 4. The summed E-state index contributed by atoms with van der Waals surface area (Å²) in [6, 6.07) is 11.0. The molecule has 0 aliphatic carbocycles. The maximum atomic E-state index is 13.6. The standard InChI is InChI=1S/C19H17F2N3OS/c1-2-12-3-6-14(7-4-12)22-19-23-15(11-26-19)10-18(25)24-17-8-5-13(20)9-16(17)21/h3-9,11H,2,10H2,1H3,(H,22,23)(H,24,25). The Hall–Kier alpha value is -2.80. The average molecular weight is 373 g/mol. The highest BCUT2D eigenvalue weighted by Crippen LogP contribution is 2.22. The van der Waals surface area contributed by atoms with Crippen molar-refractivity contribution in [2.75, 3.05) is 10.6 Å². The summed E-state index contributed by atoms with van der Waals surface area (Å²) < 4.78 is 26.5. The number of carbonyl (C=O) groups excluding carboxylic acids is 1. The van der Waals surface area contributed by atoms with E-state index < -0.39 is 17.5 Å². The predicted octanol–water partition coefficient (Wildman–Crippen LogP) is 4.91. The van der Waals surface area contributed by atoms with E-state index in [-0.39, 0.29) is 12.1 Å². The van der Waals surface area contributed by atoms with Gasteiger partial charge in [-0.15, -0.1) is 11.3 Å². The van der Waals surface area contributed by atoms with Crippen molar-refractivity contribution in [1.29, 1.82) is 0 Å². The van der Waals surface area contributed by atoms with E-state index in [1.165, 1.54) is 23.0 Å². The van der Waals surface area contributed by atoms with Gasteiger partial charge in [-0.05, 0) is 36.2 Å². The lowest BCUT2D eigenvalue weighted by molar-refractivity contribution is -0.115. The number of halogens is 2. The first-order valence-corrected chi connectivity index (χ1v) is 8.96. The lowest BCUT2D eigenvalue weighted by Gasteiger charge is -2.05. The number of nitrogens with one attached hydrogen (secondary N) is 2. The topological polar surface area (TPSA) is 54.0 Å². The van der Waals surface area contributed by atoms with Gasteiger partial charge in [0, 0.05) is 17.1 Å². The Morgan fingerprint density at radius 1 is 1.15 bits per heavy atom. The van der Waals surface area contributed by atoms with Gasteiger partial charge in [-0.3, -0.25) is 4.79 Å². The summed E-state index contributed by atoms with van der Waals surface area (Å²) in [6.45, 7) is 2.10. The highest BCUT2D eigenvalue weighted by Gasteiger charge is 2.11. The Labute approximate surface area is 153 Å². The highest BCUT2D eigenvalue weighted by atomic mass is 32.1.